The van der Waals surface area contributed by atoms with E-state index in [1.807, 2.05) is 6.08 Å². The number of fused-ring (bicyclic) bond motifs is 1. The van der Waals surface area contributed by atoms with E-state index in [4.69, 9.17) is 0 Å². The first-order valence-electron chi connectivity index (χ1n) is 9.28. The molecular formula is C20H30O3. The van der Waals surface area contributed by atoms with Crippen molar-refractivity contribution >= 4 is 11.6 Å². The molecule has 0 aromatic carbocycles. The van der Waals surface area contributed by atoms with Crippen molar-refractivity contribution in [1.29, 1.82) is 0 Å². The zero-order valence-corrected chi connectivity index (χ0v) is 14.7. The minimum Gasteiger partial charge on any atom is -0.393 e. The number of Topliss-reactive ketones (excluding diaryl/α,β-unsaturated/α-hetero) is 1. The Labute approximate surface area is 139 Å². The SMILES string of the molecule is CC1CC[C@]2(C)C(=O)CCC2[C@@H]1C(=O)/C=C1/C[C@@H](O)CC[C@H]1C. The summed E-state index contributed by atoms with van der Waals surface area (Å²) >= 11 is 0. The second kappa shape index (κ2) is 6.16. The summed E-state index contributed by atoms with van der Waals surface area (Å²) in [4.78, 5) is 25.4. The van der Waals surface area contributed by atoms with Crippen LogP contribution in [-0.2, 0) is 9.59 Å². The summed E-state index contributed by atoms with van der Waals surface area (Å²) in [7, 11) is 0. The summed E-state index contributed by atoms with van der Waals surface area (Å²) in [5.41, 5.74) is 0.834. The van der Waals surface area contributed by atoms with Crippen LogP contribution in [0.5, 0.6) is 0 Å². The van der Waals surface area contributed by atoms with Crippen LogP contribution in [0.4, 0.5) is 0 Å². The molecule has 2 unspecified atom stereocenters. The minimum absolute atomic E-state index is 0.0148. The van der Waals surface area contributed by atoms with Gasteiger partial charge in [0.15, 0.2) is 5.78 Å². The molecule has 128 valence electrons. The molecule has 0 aromatic rings. The summed E-state index contributed by atoms with van der Waals surface area (Å²) in [5.74, 6) is 1.51. The summed E-state index contributed by atoms with van der Waals surface area (Å²) in [6, 6.07) is 0. The molecular weight excluding hydrogens is 288 g/mol. The largest absolute Gasteiger partial charge is 0.393 e. The number of aliphatic hydroxyl groups excluding tert-OH is 1. The molecule has 0 aliphatic heterocycles. The Morgan fingerprint density at radius 2 is 1.96 bits per heavy atom. The van der Waals surface area contributed by atoms with Crippen LogP contribution in [0.15, 0.2) is 11.6 Å². The highest BCUT2D eigenvalue weighted by atomic mass is 16.3. The van der Waals surface area contributed by atoms with E-state index in [-0.39, 0.29) is 29.1 Å². The Morgan fingerprint density at radius 1 is 1.22 bits per heavy atom. The highest BCUT2D eigenvalue weighted by molar-refractivity contribution is 5.95. The molecule has 0 aromatic heterocycles. The van der Waals surface area contributed by atoms with Crippen LogP contribution in [0.25, 0.3) is 0 Å². The molecule has 0 spiro atoms. The van der Waals surface area contributed by atoms with Crippen LogP contribution in [0.1, 0.15) is 65.7 Å². The van der Waals surface area contributed by atoms with Gasteiger partial charge in [0, 0.05) is 17.8 Å². The molecule has 3 saturated carbocycles. The van der Waals surface area contributed by atoms with Gasteiger partial charge in [0.2, 0.25) is 0 Å². The van der Waals surface area contributed by atoms with E-state index in [0.717, 1.165) is 37.7 Å². The lowest BCUT2D eigenvalue weighted by molar-refractivity contribution is -0.133. The van der Waals surface area contributed by atoms with Crippen molar-refractivity contribution in [2.75, 3.05) is 0 Å². The third kappa shape index (κ3) is 2.93. The maximum Gasteiger partial charge on any atom is 0.159 e. The fraction of sp³-hybridized carbons (Fsp3) is 0.800. The van der Waals surface area contributed by atoms with Crippen molar-refractivity contribution in [3.63, 3.8) is 0 Å². The Hall–Kier alpha value is -0.960. The average molecular weight is 318 g/mol. The van der Waals surface area contributed by atoms with Gasteiger partial charge in [-0.25, -0.2) is 0 Å². The Balaban J connectivity index is 1.84. The van der Waals surface area contributed by atoms with Crippen molar-refractivity contribution in [3.8, 4) is 0 Å². The van der Waals surface area contributed by atoms with Crippen molar-refractivity contribution in [3.05, 3.63) is 11.6 Å². The van der Waals surface area contributed by atoms with Gasteiger partial charge in [-0.05, 0) is 62.4 Å². The molecule has 3 aliphatic rings. The van der Waals surface area contributed by atoms with Crippen LogP contribution < -0.4 is 0 Å². The molecule has 3 nitrogen and oxygen atoms in total. The number of carbonyl (C=O) groups is 2. The topological polar surface area (TPSA) is 54.4 Å². The van der Waals surface area contributed by atoms with E-state index < -0.39 is 0 Å². The normalized spacial score (nSPS) is 46.0. The van der Waals surface area contributed by atoms with Crippen LogP contribution in [-0.4, -0.2) is 22.8 Å². The maximum atomic E-state index is 13.1. The summed E-state index contributed by atoms with van der Waals surface area (Å²) in [6.07, 6.45) is 7.39. The molecule has 0 heterocycles. The lowest BCUT2D eigenvalue weighted by Crippen LogP contribution is -2.43. The zero-order valence-electron chi connectivity index (χ0n) is 14.7. The second-order valence-electron chi connectivity index (χ2n) is 8.49. The van der Waals surface area contributed by atoms with Gasteiger partial charge in [-0.3, -0.25) is 9.59 Å². The fourth-order valence-electron chi connectivity index (χ4n) is 5.26. The van der Waals surface area contributed by atoms with Gasteiger partial charge < -0.3 is 5.11 Å². The monoisotopic (exact) mass is 318 g/mol. The summed E-state index contributed by atoms with van der Waals surface area (Å²) < 4.78 is 0. The minimum atomic E-state index is -0.299. The highest BCUT2D eigenvalue weighted by Crippen LogP contribution is 2.54. The molecule has 3 fully saturated rings. The molecule has 23 heavy (non-hydrogen) atoms. The maximum absolute atomic E-state index is 13.1. The lowest BCUT2D eigenvalue weighted by Gasteiger charge is -2.43. The van der Waals surface area contributed by atoms with Crippen LogP contribution in [0.3, 0.4) is 0 Å². The van der Waals surface area contributed by atoms with Crippen LogP contribution in [0.2, 0.25) is 0 Å². The van der Waals surface area contributed by atoms with E-state index >= 15 is 0 Å². The predicted octanol–water partition coefficient (Wildman–Crippen LogP) is 3.69. The number of ketones is 2. The number of allylic oxidation sites excluding steroid dienone is 1. The van der Waals surface area contributed by atoms with E-state index in [2.05, 4.69) is 20.8 Å². The van der Waals surface area contributed by atoms with Crippen molar-refractivity contribution in [2.45, 2.75) is 71.8 Å². The molecule has 0 amide bonds. The second-order valence-corrected chi connectivity index (χ2v) is 8.49. The molecule has 3 aliphatic carbocycles. The van der Waals surface area contributed by atoms with Crippen LogP contribution >= 0.6 is 0 Å². The van der Waals surface area contributed by atoms with Crippen molar-refractivity contribution in [1.82, 2.24) is 0 Å². The molecule has 3 heteroatoms. The third-order valence-corrected chi connectivity index (χ3v) is 7.00. The number of carbonyl (C=O) groups excluding carboxylic acids is 2. The molecule has 0 bridgehead atoms. The number of aliphatic hydroxyl groups is 1. The fourth-order valence-corrected chi connectivity index (χ4v) is 5.26. The first-order valence-corrected chi connectivity index (χ1v) is 9.28. The first-order chi connectivity index (χ1) is 10.8. The highest BCUT2D eigenvalue weighted by Gasteiger charge is 2.54. The summed E-state index contributed by atoms with van der Waals surface area (Å²) in [6.45, 7) is 6.40. The first kappa shape index (κ1) is 16.9. The zero-order chi connectivity index (χ0) is 16.8. The quantitative estimate of drug-likeness (QED) is 0.790. The Morgan fingerprint density at radius 3 is 2.70 bits per heavy atom. The van der Waals surface area contributed by atoms with Gasteiger partial charge in [-0.2, -0.15) is 0 Å². The molecule has 6 atom stereocenters. The standard InChI is InChI=1S/C20H30O3/c1-12-4-5-15(21)10-14(12)11-17(22)19-13(2)8-9-20(3)16(19)6-7-18(20)23/h11-13,15-16,19,21H,4-10H2,1-3H3/b14-11-/t12-,13?,15+,16?,19-,20+/m1/s1. The van der Waals surface area contributed by atoms with Gasteiger partial charge in [0.05, 0.1) is 6.10 Å². The van der Waals surface area contributed by atoms with Gasteiger partial charge in [-0.15, -0.1) is 0 Å². The van der Waals surface area contributed by atoms with Gasteiger partial charge in [0.1, 0.15) is 5.78 Å². The van der Waals surface area contributed by atoms with E-state index in [0.29, 0.717) is 30.5 Å². The van der Waals surface area contributed by atoms with Gasteiger partial charge >= 0.3 is 0 Å². The van der Waals surface area contributed by atoms with Crippen molar-refractivity contribution < 1.29 is 14.7 Å². The molecule has 3 rings (SSSR count). The smallest absolute Gasteiger partial charge is 0.159 e. The van der Waals surface area contributed by atoms with Gasteiger partial charge in [-0.1, -0.05) is 26.3 Å². The Kier molecular flexibility index (Phi) is 4.52. The Bertz CT molecular complexity index is 535. The third-order valence-electron chi connectivity index (χ3n) is 7.00. The molecule has 0 saturated heterocycles. The molecule has 1 N–H and O–H groups in total. The average Bonchev–Trinajstić information content (AvgIpc) is 2.79. The van der Waals surface area contributed by atoms with E-state index in [1.165, 1.54) is 0 Å². The van der Waals surface area contributed by atoms with E-state index in [9.17, 15) is 14.7 Å². The van der Waals surface area contributed by atoms with Crippen LogP contribution in [0, 0.1) is 29.1 Å². The van der Waals surface area contributed by atoms with E-state index in [1.54, 1.807) is 0 Å². The number of rotatable bonds is 2. The van der Waals surface area contributed by atoms with Gasteiger partial charge in [0.25, 0.3) is 0 Å². The predicted molar refractivity (Wildman–Crippen MR) is 89.8 cm³/mol. The summed E-state index contributed by atoms with van der Waals surface area (Å²) in [5, 5.41) is 9.90. The lowest BCUT2D eigenvalue weighted by atomic mass is 9.59. The number of hydrogen-bond donors (Lipinski definition) is 1. The molecule has 0 radical (unpaired) electrons. The van der Waals surface area contributed by atoms with Crippen molar-refractivity contribution in [2.24, 2.45) is 29.1 Å². The number of hydrogen-bond acceptors (Lipinski definition) is 3.